The maximum atomic E-state index is 11.6. The quantitative estimate of drug-likeness (QED) is 0.861. The molecule has 4 nitrogen and oxygen atoms in total. The first kappa shape index (κ1) is 18.2. The summed E-state index contributed by atoms with van der Waals surface area (Å²) < 4.78 is 4.75. The minimum absolute atomic E-state index is 0. The van der Waals surface area contributed by atoms with E-state index < -0.39 is 0 Å². The number of halogens is 2. The molecule has 1 fully saturated rings. The Morgan fingerprint density at radius 1 is 1.52 bits per heavy atom. The van der Waals surface area contributed by atoms with Crippen molar-refractivity contribution in [1.29, 1.82) is 0 Å². The molecule has 0 amide bonds. The van der Waals surface area contributed by atoms with Crippen LogP contribution in [-0.2, 0) is 11.3 Å². The number of likely N-dealkylation sites (N-methyl/N-ethyl adjacent to an activating group) is 1. The number of rotatable bonds is 4. The summed E-state index contributed by atoms with van der Waals surface area (Å²) in [5.41, 5.74) is 1.53. The molecule has 1 saturated heterocycles. The molecule has 1 aromatic carbocycles. The first-order valence-electron chi connectivity index (χ1n) is 6.90. The van der Waals surface area contributed by atoms with Gasteiger partial charge in [0.1, 0.15) is 0 Å². The van der Waals surface area contributed by atoms with Crippen LogP contribution >= 0.6 is 24.0 Å². The number of methoxy groups -OCH3 is 1. The van der Waals surface area contributed by atoms with E-state index in [1.54, 1.807) is 12.1 Å². The highest BCUT2D eigenvalue weighted by Crippen LogP contribution is 2.22. The molecule has 0 bridgehead atoms. The van der Waals surface area contributed by atoms with Crippen LogP contribution in [0.1, 0.15) is 28.8 Å². The van der Waals surface area contributed by atoms with Gasteiger partial charge in [0.05, 0.1) is 12.7 Å². The zero-order valence-corrected chi connectivity index (χ0v) is 14.0. The molecule has 0 spiro atoms. The number of likely N-dealkylation sites (tertiary alicyclic amines) is 1. The van der Waals surface area contributed by atoms with E-state index in [9.17, 15) is 4.79 Å². The highest BCUT2D eigenvalue weighted by atomic mass is 35.5. The Morgan fingerprint density at radius 3 is 2.95 bits per heavy atom. The van der Waals surface area contributed by atoms with Crippen LogP contribution < -0.4 is 5.32 Å². The van der Waals surface area contributed by atoms with Crippen LogP contribution in [-0.4, -0.2) is 44.2 Å². The van der Waals surface area contributed by atoms with E-state index in [0.29, 0.717) is 16.6 Å². The molecule has 1 unspecified atom stereocenters. The second-order valence-corrected chi connectivity index (χ2v) is 5.57. The number of ether oxygens (including phenoxy) is 1. The van der Waals surface area contributed by atoms with Gasteiger partial charge in [-0.2, -0.15) is 0 Å². The fraction of sp³-hybridized carbons (Fsp3) is 0.533. The maximum Gasteiger partial charge on any atom is 0.337 e. The second-order valence-electron chi connectivity index (χ2n) is 5.16. The third-order valence-corrected chi connectivity index (χ3v) is 4.14. The number of hydrogen-bond donors (Lipinski definition) is 1. The molecule has 2 rings (SSSR count). The highest BCUT2D eigenvalue weighted by molar-refractivity contribution is 6.31. The zero-order chi connectivity index (χ0) is 14.5. The minimum atomic E-state index is -0.324. The number of esters is 1. The van der Waals surface area contributed by atoms with Crippen molar-refractivity contribution < 1.29 is 9.53 Å². The lowest BCUT2D eigenvalue weighted by molar-refractivity contribution is 0.0600. The molecule has 0 radical (unpaired) electrons. The van der Waals surface area contributed by atoms with Crippen LogP contribution in [0.3, 0.4) is 0 Å². The summed E-state index contributed by atoms with van der Waals surface area (Å²) in [5, 5.41) is 4.02. The monoisotopic (exact) mass is 332 g/mol. The molecule has 1 N–H and O–H groups in total. The van der Waals surface area contributed by atoms with E-state index in [-0.39, 0.29) is 18.4 Å². The molecule has 1 aliphatic rings. The number of piperidine rings is 1. The second kappa shape index (κ2) is 8.59. The van der Waals surface area contributed by atoms with Gasteiger partial charge in [0.15, 0.2) is 0 Å². The van der Waals surface area contributed by atoms with Gasteiger partial charge >= 0.3 is 5.97 Å². The van der Waals surface area contributed by atoms with E-state index in [1.165, 1.54) is 20.0 Å². The molecular formula is C15H22Cl2N2O2. The summed E-state index contributed by atoms with van der Waals surface area (Å²) in [5.74, 6) is -0.324. The lowest BCUT2D eigenvalue weighted by Gasteiger charge is -2.32. The van der Waals surface area contributed by atoms with E-state index in [4.69, 9.17) is 16.3 Å². The van der Waals surface area contributed by atoms with Gasteiger partial charge in [0.2, 0.25) is 0 Å². The molecule has 1 atom stereocenters. The van der Waals surface area contributed by atoms with Crippen LogP contribution in [0.15, 0.2) is 18.2 Å². The summed E-state index contributed by atoms with van der Waals surface area (Å²) >= 11 is 6.24. The smallest absolute Gasteiger partial charge is 0.337 e. The molecule has 0 aromatic heterocycles. The van der Waals surface area contributed by atoms with Gasteiger partial charge < -0.3 is 10.1 Å². The van der Waals surface area contributed by atoms with Crippen LogP contribution in [0.25, 0.3) is 0 Å². The van der Waals surface area contributed by atoms with E-state index in [2.05, 4.69) is 10.2 Å². The Hall–Kier alpha value is -0.810. The minimum Gasteiger partial charge on any atom is -0.465 e. The number of hydrogen-bond acceptors (Lipinski definition) is 4. The van der Waals surface area contributed by atoms with Gasteiger partial charge in [-0.3, -0.25) is 4.90 Å². The van der Waals surface area contributed by atoms with Crippen molar-refractivity contribution in [3.8, 4) is 0 Å². The van der Waals surface area contributed by atoms with Crippen molar-refractivity contribution in [2.24, 2.45) is 0 Å². The predicted octanol–water partition coefficient (Wildman–Crippen LogP) is 2.73. The topological polar surface area (TPSA) is 41.6 Å². The van der Waals surface area contributed by atoms with Crippen LogP contribution in [0.4, 0.5) is 0 Å². The Labute approximate surface area is 137 Å². The van der Waals surface area contributed by atoms with Gasteiger partial charge in [0, 0.05) is 24.2 Å². The highest BCUT2D eigenvalue weighted by Gasteiger charge is 2.19. The summed E-state index contributed by atoms with van der Waals surface area (Å²) in [6.07, 6.45) is 2.39. The number of carbonyl (C=O) groups is 1. The van der Waals surface area contributed by atoms with Gasteiger partial charge in [-0.15, -0.1) is 12.4 Å². The normalized spacial score (nSPS) is 18.9. The Kier molecular flexibility index (Phi) is 7.46. The summed E-state index contributed by atoms with van der Waals surface area (Å²) in [6.45, 7) is 2.84. The van der Waals surface area contributed by atoms with E-state index in [0.717, 1.165) is 25.2 Å². The number of nitrogens with one attached hydrogen (secondary N) is 1. The SMILES string of the molecule is CNC1CCCN(Cc2cc(C(=O)OC)ccc2Cl)C1.Cl. The Bertz CT molecular complexity index is 483. The molecule has 0 saturated carbocycles. The summed E-state index contributed by atoms with van der Waals surface area (Å²) in [7, 11) is 3.39. The molecular weight excluding hydrogens is 311 g/mol. The van der Waals surface area contributed by atoms with Gasteiger partial charge in [0.25, 0.3) is 0 Å². The van der Waals surface area contributed by atoms with Gasteiger partial charge in [-0.25, -0.2) is 4.79 Å². The summed E-state index contributed by atoms with van der Waals surface area (Å²) in [6, 6.07) is 5.83. The molecule has 1 aliphatic heterocycles. The number of nitrogens with zero attached hydrogens (tertiary/aromatic N) is 1. The van der Waals surface area contributed by atoms with Crippen molar-refractivity contribution in [2.45, 2.75) is 25.4 Å². The standard InChI is InChI=1S/C15H21ClN2O2.ClH/c1-17-13-4-3-7-18(10-13)9-12-8-11(15(19)20-2)5-6-14(12)16;/h5-6,8,13,17H,3-4,7,9-10H2,1-2H3;1H. The average Bonchev–Trinajstić information content (AvgIpc) is 2.49. The van der Waals surface area contributed by atoms with Crippen LogP contribution in [0, 0.1) is 0 Å². The van der Waals surface area contributed by atoms with Crippen molar-refractivity contribution >= 4 is 30.0 Å². The fourth-order valence-corrected chi connectivity index (χ4v) is 2.79. The Morgan fingerprint density at radius 2 is 2.29 bits per heavy atom. The zero-order valence-electron chi connectivity index (χ0n) is 12.4. The molecule has 6 heteroatoms. The molecule has 118 valence electrons. The van der Waals surface area contributed by atoms with E-state index >= 15 is 0 Å². The lowest BCUT2D eigenvalue weighted by atomic mass is 10.0. The van der Waals surface area contributed by atoms with Crippen molar-refractivity contribution in [3.63, 3.8) is 0 Å². The van der Waals surface area contributed by atoms with Crippen molar-refractivity contribution in [2.75, 3.05) is 27.2 Å². The lowest BCUT2D eigenvalue weighted by Crippen LogP contribution is -2.43. The first-order valence-corrected chi connectivity index (χ1v) is 7.28. The molecule has 1 aromatic rings. The molecule has 0 aliphatic carbocycles. The molecule has 21 heavy (non-hydrogen) atoms. The number of benzene rings is 1. The van der Waals surface area contributed by atoms with Gasteiger partial charge in [-0.1, -0.05) is 11.6 Å². The number of carbonyl (C=O) groups excluding carboxylic acids is 1. The van der Waals surface area contributed by atoms with Crippen molar-refractivity contribution in [1.82, 2.24) is 10.2 Å². The summed E-state index contributed by atoms with van der Waals surface area (Å²) in [4.78, 5) is 13.9. The third kappa shape index (κ3) is 4.85. The average molecular weight is 333 g/mol. The van der Waals surface area contributed by atoms with Crippen molar-refractivity contribution in [3.05, 3.63) is 34.3 Å². The van der Waals surface area contributed by atoms with Gasteiger partial charge in [-0.05, 0) is 50.2 Å². The van der Waals surface area contributed by atoms with Crippen LogP contribution in [0.5, 0.6) is 0 Å². The third-order valence-electron chi connectivity index (χ3n) is 3.77. The first-order chi connectivity index (χ1) is 9.63. The maximum absolute atomic E-state index is 11.6. The molecule has 1 heterocycles. The predicted molar refractivity (Wildman–Crippen MR) is 87.4 cm³/mol. The Balaban J connectivity index is 0.00000220. The van der Waals surface area contributed by atoms with E-state index in [1.807, 2.05) is 13.1 Å². The fourth-order valence-electron chi connectivity index (χ4n) is 2.62. The van der Waals surface area contributed by atoms with Crippen LogP contribution in [0.2, 0.25) is 5.02 Å². The largest absolute Gasteiger partial charge is 0.465 e.